The molecule has 0 aliphatic heterocycles. The van der Waals surface area contributed by atoms with Gasteiger partial charge < -0.3 is 25.3 Å². The van der Waals surface area contributed by atoms with Crippen molar-refractivity contribution in [3.8, 4) is 5.75 Å². The number of nitrogens with zero attached hydrogens (tertiary/aromatic N) is 4. The Morgan fingerprint density at radius 1 is 1.33 bits per heavy atom. The lowest BCUT2D eigenvalue weighted by molar-refractivity contribution is 0.415. The molecule has 27 heavy (non-hydrogen) atoms. The van der Waals surface area contributed by atoms with Crippen LogP contribution >= 0.6 is 11.6 Å². The number of aromatic amines is 2. The first-order chi connectivity index (χ1) is 13.2. The van der Waals surface area contributed by atoms with Crippen LogP contribution < -0.4 is 15.4 Å². The van der Waals surface area contributed by atoms with Crippen LogP contribution in [0.2, 0.25) is 5.02 Å². The Hall–Kier alpha value is -2.84. The molecular weight excluding hydrogens is 366 g/mol. The lowest BCUT2D eigenvalue weighted by Crippen LogP contribution is -2.26. The van der Waals surface area contributed by atoms with Gasteiger partial charge in [-0.15, -0.1) is 5.10 Å². The highest BCUT2D eigenvalue weighted by Crippen LogP contribution is 2.31. The van der Waals surface area contributed by atoms with Crippen molar-refractivity contribution in [2.24, 2.45) is 5.73 Å². The highest BCUT2D eigenvalue weighted by atomic mass is 35.5. The van der Waals surface area contributed by atoms with Crippen LogP contribution in [0.25, 0.3) is 22.1 Å². The van der Waals surface area contributed by atoms with E-state index >= 15 is 0 Å². The van der Waals surface area contributed by atoms with E-state index in [9.17, 15) is 0 Å². The maximum atomic E-state index is 6.31. The Morgan fingerprint density at radius 3 is 3.00 bits per heavy atom. The summed E-state index contributed by atoms with van der Waals surface area (Å²) in [4.78, 5) is 13.3. The van der Waals surface area contributed by atoms with Gasteiger partial charge in [0.1, 0.15) is 5.75 Å². The molecule has 8 nitrogen and oxygen atoms in total. The van der Waals surface area contributed by atoms with E-state index in [-0.39, 0.29) is 0 Å². The monoisotopic (exact) mass is 385 g/mol. The number of ether oxygens (including phenoxy) is 1. The number of hydrogen-bond acceptors (Lipinski definition) is 6. The van der Waals surface area contributed by atoms with Crippen molar-refractivity contribution in [3.05, 3.63) is 41.2 Å². The van der Waals surface area contributed by atoms with E-state index in [0.717, 1.165) is 46.6 Å². The van der Waals surface area contributed by atoms with E-state index in [4.69, 9.17) is 22.1 Å². The van der Waals surface area contributed by atoms with E-state index in [1.165, 1.54) is 0 Å². The number of aromatic nitrogens is 5. The number of halogens is 1. The SMILES string of the molecule is COc1cc(CN(CCCN)c2nc3nnccc3[nH]2)c2[nH]cc(Cl)c2c1. The Labute approximate surface area is 160 Å². The smallest absolute Gasteiger partial charge is 0.205 e. The second-order valence-corrected chi connectivity index (χ2v) is 6.65. The average molecular weight is 386 g/mol. The Morgan fingerprint density at radius 2 is 2.22 bits per heavy atom. The van der Waals surface area contributed by atoms with Crippen LogP contribution in [-0.4, -0.2) is 45.3 Å². The maximum Gasteiger partial charge on any atom is 0.205 e. The van der Waals surface area contributed by atoms with Crippen molar-refractivity contribution in [2.75, 3.05) is 25.1 Å². The summed E-state index contributed by atoms with van der Waals surface area (Å²) < 4.78 is 5.45. The molecule has 3 heterocycles. The van der Waals surface area contributed by atoms with Gasteiger partial charge in [-0.25, -0.2) is 0 Å². The summed E-state index contributed by atoms with van der Waals surface area (Å²) >= 11 is 6.31. The van der Waals surface area contributed by atoms with Gasteiger partial charge in [0.25, 0.3) is 0 Å². The van der Waals surface area contributed by atoms with Gasteiger partial charge in [-0.05, 0) is 36.7 Å². The van der Waals surface area contributed by atoms with Crippen molar-refractivity contribution in [1.29, 1.82) is 0 Å². The van der Waals surface area contributed by atoms with Gasteiger partial charge in [0.15, 0.2) is 0 Å². The summed E-state index contributed by atoms with van der Waals surface area (Å²) in [6, 6.07) is 5.79. The first kappa shape index (κ1) is 17.6. The van der Waals surface area contributed by atoms with E-state index in [0.29, 0.717) is 23.8 Å². The molecule has 0 spiro atoms. The molecule has 0 fully saturated rings. The maximum absolute atomic E-state index is 6.31. The number of nitrogens with one attached hydrogen (secondary N) is 2. The van der Waals surface area contributed by atoms with E-state index in [1.54, 1.807) is 19.5 Å². The molecule has 0 saturated heterocycles. The van der Waals surface area contributed by atoms with Crippen molar-refractivity contribution >= 4 is 39.6 Å². The number of hydrogen-bond donors (Lipinski definition) is 3. The molecule has 0 atom stereocenters. The zero-order valence-corrected chi connectivity index (χ0v) is 15.6. The summed E-state index contributed by atoms with van der Waals surface area (Å²) in [6.07, 6.45) is 4.26. The van der Waals surface area contributed by atoms with Gasteiger partial charge in [-0.3, -0.25) is 0 Å². The van der Waals surface area contributed by atoms with Crippen molar-refractivity contribution < 1.29 is 4.74 Å². The van der Waals surface area contributed by atoms with Gasteiger partial charge in [0, 0.05) is 24.7 Å². The number of H-pyrrole nitrogens is 2. The first-order valence-electron chi connectivity index (χ1n) is 8.65. The molecule has 140 valence electrons. The third kappa shape index (κ3) is 3.41. The molecule has 4 aromatic rings. The molecule has 0 saturated carbocycles. The number of nitrogens with two attached hydrogens (primary N) is 1. The zero-order chi connectivity index (χ0) is 18.8. The molecule has 0 bridgehead atoms. The van der Waals surface area contributed by atoms with Crippen molar-refractivity contribution in [1.82, 2.24) is 25.1 Å². The fourth-order valence-corrected chi connectivity index (χ4v) is 3.34. The first-order valence-corrected chi connectivity index (χ1v) is 9.03. The standard InChI is InChI=1S/C18H20ClN7O/c1-27-12-7-11(16-13(8-12)14(19)9-21-16)10-26(6-2-4-20)18-23-15-3-5-22-25-17(15)24-18/h3,5,7-9,21H,2,4,6,10,20H2,1H3,(H,23,24,25). The predicted molar refractivity (Wildman–Crippen MR) is 106 cm³/mol. The van der Waals surface area contributed by atoms with E-state index < -0.39 is 0 Å². The lowest BCUT2D eigenvalue weighted by Gasteiger charge is -2.22. The Kier molecular flexibility index (Phi) is 4.83. The van der Waals surface area contributed by atoms with E-state index in [2.05, 4.69) is 30.0 Å². The van der Waals surface area contributed by atoms with Gasteiger partial charge >= 0.3 is 0 Å². The molecule has 1 aromatic carbocycles. The summed E-state index contributed by atoms with van der Waals surface area (Å²) in [5.41, 5.74) is 9.21. The fourth-order valence-electron chi connectivity index (χ4n) is 3.14. The minimum atomic E-state index is 0.587. The molecule has 4 N–H and O–H groups in total. The molecule has 9 heteroatoms. The highest BCUT2D eigenvalue weighted by Gasteiger charge is 2.16. The van der Waals surface area contributed by atoms with Gasteiger partial charge in [-0.1, -0.05) is 11.6 Å². The lowest BCUT2D eigenvalue weighted by atomic mass is 10.1. The summed E-state index contributed by atoms with van der Waals surface area (Å²) in [5.74, 6) is 1.49. The number of methoxy groups -OCH3 is 1. The minimum Gasteiger partial charge on any atom is -0.497 e. The van der Waals surface area contributed by atoms with Crippen LogP contribution in [0.15, 0.2) is 30.6 Å². The minimum absolute atomic E-state index is 0.587. The molecule has 0 aliphatic carbocycles. The average Bonchev–Trinajstić information content (AvgIpc) is 3.28. The van der Waals surface area contributed by atoms with Crippen molar-refractivity contribution in [3.63, 3.8) is 0 Å². The Balaban J connectivity index is 1.74. The number of anilines is 1. The quantitative estimate of drug-likeness (QED) is 0.451. The van der Waals surface area contributed by atoms with Gasteiger partial charge in [-0.2, -0.15) is 10.1 Å². The molecule has 3 aromatic heterocycles. The molecule has 0 amide bonds. The fraction of sp³-hybridized carbons (Fsp3) is 0.278. The molecule has 4 rings (SSSR count). The molecular formula is C18H20ClN7O. The van der Waals surface area contributed by atoms with Crippen LogP contribution in [-0.2, 0) is 6.54 Å². The van der Waals surface area contributed by atoms with Gasteiger partial charge in [0.2, 0.25) is 11.6 Å². The van der Waals surface area contributed by atoms with Gasteiger partial charge in [0.05, 0.1) is 29.4 Å². The van der Waals surface area contributed by atoms with Crippen molar-refractivity contribution in [2.45, 2.75) is 13.0 Å². The third-order valence-electron chi connectivity index (χ3n) is 4.48. The topological polar surface area (TPSA) is 109 Å². The largest absolute Gasteiger partial charge is 0.497 e. The van der Waals surface area contributed by atoms with E-state index in [1.807, 2.05) is 18.2 Å². The predicted octanol–water partition coefficient (Wildman–Crippen LogP) is 2.85. The van der Waals surface area contributed by atoms with Crippen LogP contribution in [0, 0.1) is 0 Å². The second kappa shape index (κ2) is 7.42. The number of fused-ring (bicyclic) bond motifs is 2. The number of rotatable bonds is 7. The summed E-state index contributed by atoms with van der Waals surface area (Å²) in [6.45, 7) is 1.95. The molecule has 0 aliphatic rings. The van der Waals surface area contributed by atoms with Crippen LogP contribution in [0.1, 0.15) is 12.0 Å². The second-order valence-electron chi connectivity index (χ2n) is 6.24. The Bertz CT molecular complexity index is 1040. The normalized spacial score (nSPS) is 11.4. The summed E-state index contributed by atoms with van der Waals surface area (Å²) in [5, 5.41) is 9.55. The number of imidazole rings is 1. The van der Waals surface area contributed by atoms with Crippen LogP contribution in [0.5, 0.6) is 5.75 Å². The third-order valence-corrected chi connectivity index (χ3v) is 4.79. The zero-order valence-electron chi connectivity index (χ0n) is 14.9. The molecule has 0 radical (unpaired) electrons. The summed E-state index contributed by atoms with van der Waals surface area (Å²) in [7, 11) is 1.65. The highest BCUT2D eigenvalue weighted by molar-refractivity contribution is 6.35. The van der Waals surface area contributed by atoms with Crippen LogP contribution in [0.3, 0.4) is 0 Å². The molecule has 0 unspecified atom stereocenters. The number of benzene rings is 1. The van der Waals surface area contributed by atoms with Crippen LogP contribution in [0.4, 0.5) is 5.95 Å².